The van der Waals surface area contributed by atoms with Crippen LogP contribution in [-0.4, -0.2) is 71.0 Å². The van der Waals surface area contributed by atoms with Gasteiger partial charge in [0.1, 0.15) is 4.88 Å². The summed E-state index contributed by atoms with van der Waals surface area (Å²) < 4.78 is 40.9. The van der Waals surface area contributed by atoms with Gasteiger partial charge in [-0.3, -0.25) is 9.69 Å². The molecule has 2 aliphatic rings. The van der Waals surface area contributed by atoms with Gasteiger partial charge in [-0.15, -0.1) is 0 Å². The zero-order chi connectivity index (χ0) is 29.7. The second-order valence-electron chi connectivity index (χ2n) is 10.2. The van der Waals surface area contributed by atoms with Crippen molar-refractivity contribution >= 4 is 39.7 Å². The summed E-state index contributed by atoms with van der Waals surface area (Å²) in [7, 11) is 2.00. The number of aromatic carboxylic acids is 1. The van der Waals surface area contributed by atoms with Crippen LogP contribution in [0.1, 0.15) is 49.6 Å². The van der Waals surface area contributed by atoms with E-state index in [1.165, 1.54) is 48.6 Å². The average molecular weight is 591 g/mol. The third-order valence-electron chi connectivity index (χ3n) is 6.83. The zero-order valence-electron chi connectivity index (χ0n) is 22.8. The van der Waals surface area contributed by atoms with E-state index in [0.717, 1.165) is 42.9 Å². The molecule has 9 nitrogen and oxygen atoms in total. The zero-order valence-corrected chi connectivity index (χ0v) is 23.6. The molecule has 2 fully saturated rings. The van der Waals surface area contributed by atoms with Gasteiger partial charge in [-0.05, 0) is 62.2 Å². The number of nitrogens with zero attached hydrogens (tertiary/aromatic N) is 3. The Hall–Kier alpha value is -3.68. The number of carbonyl (C=O) groups is 2. The van der Waals surface area contributed by atoms with E-state index in [-0.39, 0.29) is 22.7 Å². The lowest BCUT2D eigenvalue weighted by molar-refractivity contribution is -0.138. The number of amides is 1. The van der Waals surface area contributed by atoms with Crippen LogP contribution >= 0.6 is 11.3 Å². The van der Waals surface area contributed by atoms with Crippen molar-refractivity contribution in [1.82, 2.24) is 14.8 Å². The summed E-state index contributed by atoms with van der Waals surface area (Å²) in [4.78, 5) is 31.3. The van der Waals surface area contributed by atoms with E-state index < -0.39 is 23.6 Å². The molecule has 1 saturated carbocycles. The number of rotatable bonds is 7. The Morgan fingerprint density at radius 1 is 1.12 bits per heavy atom. The Morgan fingerprint density at radius 3 is 2.41 bits per heavy atom. The molecule has 220 valence electrons. The number of carboxylic acid groups (broad SMARTS) is 1. The lowest BCUT2D eigenvalue weighted by atomic mass is 10.0. The van der Waals surface area contributed by atoms with Crippen molar-refractivity contribution < 1.29 is 27.9 Å². The van der Waals surface area contributed by atoms with E-state index in [2.05, 4.69) is 20.5 Å². The molecule has 1 aliphatic carbocycles. The number of likely N-dealkylation sites (N-methyl/N-ethyl adjacent to an activating group) is 1. The van der Waals surface area contributed by atoms with Crippen molar-refractivity contribution in [2.75, 3.05) is 49.6 Å². The van der Waals surface area contributed by atoms with Gasteiger partial charge >= 0.3 is 12.1 Å². The maximum Gasteiger partial charge on any atom is 0.416 e. The second kappa shape index (κ2) is 12.9. The number of piperazine rings is 1. The number of benzene rings is 2. The first-order valence-electron chi connectivity index (χ1n) is 13.1. The third-order valence-corrected chi connectivity index (χ3v) is 7.74. The first-order valence-corrected chi connectivity index (χ1v) is 13.9. The van der Waals surface area contributed by atoms with Gasteiger partial charge in [-0.1, -0.05) is 23.5 Å². The van der Waals surface area contributed by atoms with Crippen LogP contribution in [0.3, 0.4) is 0 Å². The van der Waals surface area contributed by atoms with Crippen LogP contribution in [0.15, 0.2) is 42.6 Å². The minimum Gasteiger partial charge on any atom is -0.477 e. The minimum atomic E-state index is -4.50. The van der Waals surface area contributed by atoms with Crippen LogP contribution < -0.4 is 16.4 Å². The van der Waals surface area contributed by atoms with Gasteiger partial charge in [-0.25, -0.2) is 9.78 Å². The van der Waals surface area contributed by atoms with Crippen LogP contribution in [0.25, 0.3) is 0 Å². The van der Waals surface area contributed by atoms with Crippen molar-refractivity contribution in [1.29, 1.82) is 0 Å². The summed E-state index contributed by atoms with van der Waals surface area (Å²) >= 11 is 1.19. The Bertz CT molecular complexity index is 1380. The Kier molecular flexibility index (Phi) is 9.51. The molecule has 5 rings (SSSR count). The first-order chi connectivity index (χ1) is 19.4. The molecule has 0 bridgehead atoms. The van der Waals surface area contributed by atoms with Crippen molar-refractivity contribution in [2.24, 2.45) is 0 Å². The van der Waals surface area contributed by atoms with Gasteiger partial charge in [0.2, 0.25) is 0 Å². The molecule has 2 heterocycles. The number of carbonyl (C=O) groups excluding carboxylic acids is 1. The third kappa shape index (κ3) is 8.65. The molecule has 0 atom stereocenters. The molecule has 0 radical (unpaired) electrons. The van der Waals surface area contributed by atoms with Crippen molar-refractivity contribution in [3.8, 4) is 0 Å². The average Bonchev–Trinajstić information content (AvgIpc) is 3.60. The number of alkyl halides is 3. The fourth-order valence-electron chi connectivity index (χ4n) is 4.13. The summed E-state index contributed by atoms with van der Waals surface area (Å²) in [6.07, 6.45) is -0.779. The molecule has 13 heteroatoms. The van der Waals surface area contributed by atoms with Gasteiger partial charge in [0, 0.05) is 55.7 Å². The molecule has 1 saturated heterocycles. The van der Waals surface area contributed by atoms with E-state index in [4.69, 9.17) is 10.8 Å². The molecular formula is C28H33F3N6O3S. The predicted octanol–water partition coefficient (Wildman–Crippen LogP) is 5.01. The highest BCUT2D eigenvalue weighted by Crippen LogP contribution is 2.35. The summed E-state index contributed by atoms with van der Waals surface area (Å²) in [6.45, 7) is 5.14. The molecular weight excluding hydrogens is 557 g/mol. The molecule has 0 spiro atoms. The van der Waals surface area contributed by atoms with Gasteiger partial charge in [0.15, 0.2) is 5.13 Å². The predicted molar refractivity (Wildman–Crippen MR) is 153 cm³/mol. The van der Waals surface area contributed by atoms with E-state index in [1.807, 2.05) is 18.9 Å². The number of thiazole rings is 1. The molecule has 41 heavy (non-hydrogen) atoms. The number of nitrogen functional groups attached to an aromatic ring is 1. The van der Waals surface area contributed by atoms with Crippen molar-refractivity contribution in [2.45, 2.75) is 38.5 Å². The van der Waals surface area contributed by atoms with Crippen molar-refractivity contribution in [3.63, 3.8) is 0 Å². The largest absolute Gasteiger partial charge is 0.477 e. The van der Waals surface area contributed by atoms with Crippen LogP contribution in [0, 0.1) is 6.92 Å². The van der Waals surface area contributed by atoms with Gasteiger partial charge in [0.05, 0.1) is 11.8 Å². The monoisotopic (exact) mass is 590 g/mol. The highest BCUT2D eigenvalue weighted by atomic mass is 32.1. The van der Waals surface area contributed by atoms with Crippen molar-refractivity contribution in [3.05, 3.63) is 69.7 Å². The minimum absolute atomic E-state index is 0.101. The summed E-state index contributed by atoms with van der Waals surface area (Å²) in [6, 6.07) is 9.28. The SMILES string of the molecule is Cc1ccc(C(=O)Nc2ccc(CN3CCN(C)CC3)c(C(F)(F)F)c2)cc1N.O=C(O)c1cnc(NC2CC2)s1. The van der Waals surface area contributed by atoms with Crippen LogP contribution in [-0.2, 0) is 12.7 Å². The maximum atomic E-state index is 13.6. The molecule has 0 unspecified atom stereocenters. The molecule has 1 aromatic heterocycles. The summed E-state index contributed by atoms with van der Waals surface area (Å²) in [5.74, 6) is -1.41. The van der Waals surface area contributed by atoms with Gasteiger partial charge in [-0.2, -0.15) is 13.2 Å². The standard InChI is InChI=1S/C21H25F3N4O.C7H8N2O2S/c1-14-3-4-15(11-19(14)25)20(29)26-17-6-5-16(18(12-17)21(22,23)24)13-28-9-7-27(2)8-10-28;10-6(11)5-3-8-7(12-5)9-4-1-2-4/h3-6,11-12H,7-10,13,25H2,1-2H3,(H,26,29);3-4H,1-2H2,(H,8,9)(H,10,11). The topological polar surface area (TPSA) is 124 Å². The second-order valence-corrected chi connectivity index (χ2v) is 11.3. The number of nitrogens with two attached hydrogens (primary N) is 1. The van der Waals surface area contributed by atoms with E-state index in [1.54, 1.807) is 12.1 Å². The fraction of sp³-hybridized carbons (Fsp3) is 0.393. The molecule has 1 amide bonds. The van der Waals surface area contributed by atoms with E-state index in [0.29, 0.717) is 17.3 Å². The quantitative estimate of drug-likeness (QED) is 0.283. The first kappa shape index (κ1) is 30.3. The Balaban J connectivity index is 0.000000267. The molecule has 5 N–H and O–H groups in total. The highest BCUT2D eigenvalue weighted by Gasteiger charge is 2.34. The fourth-order valence-corrected chi connectivity index (χ4v) is 4.86. The van der Waals surface area contributed by atoms with Gasteiger partial charge in [0.25, 0.3) is 5.91 Å². The molecule has 3 aromatic rings. The Labute approximate surface area is 240 Å². The number of aromatic nitrogens is 1. The number of halogens is 3. The van der Waals surface area contributed by atoms with Gasteiger partial charge < -0.3 is 26.4 Å². The smallest absolute Gasteiger partial charge is 0.416 e. The lowest BCUT2D eigenvalue weighted by Crippen LogP contribution is -2.44. The highest BCUT2D eigenvalue weighted by molar-refractivity contribution is 7.17. The van der Waals surface area contributed by atoms with Crippen LogP contribution in [0.2, 0.25) is 0 Å². The summed E-state index contributed by atoms with van der Waals surface area (Å²) in [5, 5.41) is 15.0. The number of hydrogen-bond acceptors (Lipinski definition) is 8. The molecule has 1 aliphatic heterocycles. The number of carboxylic acids is 1. The normalized spacial score (nSPS) is 16.0. The van der Waals surface area contributed by atoms with Crippen LogP contribution in [0.5, 0.6) is 0 Å². The number of nitrogens with one attached hydrogen (secondary N) is 2. The van der Waals surface area contributed by atoms with E-state index >= 15 is 0 Å². The summed E-state index contributed by atoms with van der Waals surface area (Å²) in [5.41, 5.74) is 6.98. The van der Waals surface area contributed by atoms with Crippen LogP contribution in [0.4, 0.5) is 29.7 Å². The number of aryl methyl sites for hydroxylation is 1. The number of hydrogen-bond donors (Lipinski definition) is 4. The van der Waals surface area contributed by atoms with E-state index in [9.17, 15) is 22.8 Å². The molecule has 2 aromatic carbocycles. The Morgan fingerprint density at radius 2 is 1.83 bits per heavy atom. The lowest BCUT2D eigenvalue weighted by Gasteiger charge is -2.33. The number of anilines is 3. The maximum absolute atomic E-state index is 13.6.